The molecule has 5 nitrogen and oxygen atoms in total. The van der Waals surface area contributed by atoms with Gasteiger partial charge in [0.05, 0.1) is 17.6 Å². The number of pyridine rings is 1. The molecular formula is C11H9N5. The van der Waals surface area contributed by atoms with Gasteiger partial charge in [-0.1, -0.05) is 0 Å². The lowest BCUT2D eigenvalue weighted by molar-refractivity contribution is 0.876. The van der Waals surface area contributed by atoms with Crippen molar-refractivity contribution in [3.63, 3.8) is 0 Å². The smallest absolute Gasteiger partial charge is 0.0990 e. The molecule has 5 heteroatoms. The molecule has 1 N–H and O–H groups in total. The summed E-state index contributed by atoms with van der Waals surface area (Å²) in [5.41, 5.74) is 2.75. The lowest BCUT2D eigenvalue weighted by Crippen LogP contribution is -1.98. The van der Waals surface area contributed by atoms with E-state index >= 15 is 0 Å². The summed E-state index contributed by atoms with van der Waals surface area (Å²) in [6.07, 6.45) is 8.95. The zero-order valence-corrected chi connectivity index (χ0v) is 8.41. The molecule has 0 bridgehead atoms. The van der Waals surface area contributed by atoms with Crippen LogP contribution in [-0.2, 0) is 0 Å². The molecule has 0 saturated heterocycles. The van der Waals surface area contributed by atoms with E-state index in [1.54, 1.807) is 23.3 Å². The van der Waals surface area contributed by atoms with Crippen LogP contribution in [0.4, 0.5) is 0 Å². The summed E-state index contributed by atoms with van der Waals surface area (Å²) in [4.78, 5) is 4.36. The fraction of sp³-hybridized carbons (Fsp3) is 0. The van der Waals surface area contributed by atoms with E-state index in [-0.39, 0.29) is 0 Å². The van der Waals surface area contributed by atoms with Crippen LogP contribution >= 0.6 is 0 Å². The first-order valence-corrected chi connectivity index (χ1v) is 4.89. The van der Waals surface area contributed by atoms with Crippen molar-refractivity contribution in [3.05, 3.63) is 49.2 Å². The van der Waals surface area contributed by atoms with Crippen LogP contribution in [0.15, 0.2) is 49.2 Å². The molecule has 0 aromatic carbocycles. The van der Waals surface area contributed by atoms with Gasteiger partial charge in [0, 0.05) is 30.4 Å². The highest BCUT2D eigenvalue weighted by atomic mass is 15.3. The number of aromatic nitrogens is 5. The summed E-state index contributed by atoms with van der Waals surface area (Å²) in [7, 11) is 0. The topological polar surface area (TPSA) is 59.4 Å². The average Bonchev–Trinajstić information content (AvgIpc) is 3.03. The van der Waals surface area contributed by atoms with Crippen molar-refractivity contribution < 1.29 is 0 Å². The number of aromatic amines is 1. The minimum absolute atomic E-state index is 0.861. The van der Waals surface area contributed by atoms with Gasteiger partial charge < -0.3 is 0 Å². The molecule has 0 aliphatic rings. The van der Waals surface area contributed by atoms with E-state index in [9.17, 15) is 0 Å². The molecule has 0 amide bonds. The maximum atomic E-state index is 4.36. The lowest BCUT2D eigenvalue weighted by atomic mass is 10.2. The van der Waals surface area contributed by atoms with E-state index in [0.717, 1.165) is 16.9 Å². The minimum Gasteiger partial charge on any atom is -0.285 e. The van der Waals surface area contributed by atoms with Crippen molar-refractivity contribution in [1.82, 2.24) is 25.0 Å². The van der Waals surface area contributed by atoms with Crippen molar-refractivity contribution in [2.24, 2.45) is 0 Å². The van der Waals surface area contributed by atoms with Crippen molar-refractivity contribution in [1.29, 1.82) is 0 Å². The van der Waals surface area contributed by atoms with E-state index in [1.807, 2.05) is 30.6 Å². The zero-order valence-electron chi connectivity index (χ0n) is 8.41. The predicted octanol–water partition coefficient (Wildman–Crippen LogP) is 1.66. The summed E-state index contributed by atoms with van der Waals surface area (Å²) in [6.45, 7) is 0. The summed E-state index contributed by atoms with van der Waals surface area (Å²) >= 11 is 0. The molecule has 3 heterocycles. The fourth-order valence-corrected chi connectivity index (χ4v) is 1.60. The third kappa shape index (κ3) is 1.38. The van der Waals surface area contributed by atoms with Gasteiger partial charge in [-0.25, -0.2) is 4.68 Å². The third-order valence-corrected chi connectivity index (χ3v) is 2.31. The van der Waals surface area contributed by atoms with Gasteiger partial charge in [-0.2, -0.15) is 10.2 Å². The average molecular weight is 211 g/mol. The van der Waals surface area contributed by atoms with Crippen LogP contribution < -0.4 is 0 Å². The highest BCUT2D eigenvalue weighted by Gasteiger charge is 2.08. The molecule has 3 aromatic heterocycles. The summed E-state index contributed by atoms with van der Waals surface area (Å²) in [6, 6.07) is 5.75. The summed E-state index contributed by atoms with van der Waals surface area (Å²) in [5, 5.41) is 10.9. The highest BCUT2D eigenvalue weighted by molar-refractivity contribution is 5.67. The van der Waals surface area contributed by atoms with Gasteiger partial charge in [0.15, 0.2) is 0 Å². The van der Waals surface area contributed by atoms with Crippen LogP contribution in [-0.4, -0.2) is 25.0 Å². The maximum Gasteiger partial charge on any atom is 0.0990 e. The first-order chi connectivity index (χ1) is 7.95. The summed E-state index contributed by atoms with van der Waals surface area (Å²) in [5.74, 6) is 0. The molecular weight excluding hydrogens is 202 g/mol. The van der Waals surface area contributed by atoms with Gasteiger partial charge in [0.25, 0.3) is 0 Å². The van der Waals surface area contributed by atoms with E-state index in [2.05, 4.69) is 20.3 Å². The second kappa shape index (κ2) is 3.62. The van der Waals surface area contributed by atoms with Crippen LogP contribution in [0.2, 0.25) is 0 Å². The van der Waals surface area contributed by atoms with Gasteiger partial charge in [-0.15, -0.1) is 0 Å². The molecule has 16 heavy (non-hydrogen) atoms. The van der Waals surface area contributed by atoms with Gasteiger partial charge in [0.2, 0.25) is 0 Å². The molecule has 0 radical (unpaired) electrons. The van der Waals surface area contributed by atoms with Crippen molar-refractivity contribution in [2.45, 2.75) is 0 Å². The minimum atomic E-state index is 0.861. The van der Waals surface area contributed by atoms with Gasteiger partial charge in [-0.3, -0.25) is 10.1 Å². The molecule has 0 atom stereocenters. The van der Waals surface area contributed by atoms with Gasteiger partial charge >= 0.3 is 0 Å². The molecule has 3 rings (SSSR count). The Balaban J connectivity index is 2.19. The number of nitrogens with zero attached hydrogens (tertiary/aromatic N) is 4. The largest absolute Gasteiger partial charge is 0.285 e. The van der Waals surface area contributed by atoms with Gasteiger partial charge in [0.1, 0.15) is 0 Å². The van der Waals surface area contributed by atoms with E-state index in [4.69, 9.17) is 0 Å². The number of H-pyrrole nitrogens is 1. The monoisotopic (exact) mass is 211 g/mol. The van der Waals surface area contributed by atoms with Crippen molar-refractivity contribution in [2.75, 3.05) is 0 Å². The molecule has 0 saturated carbocycles. The maximum absolute atomic E-state index is 4.36. The second-order valence-electron chi connectivity index (χ2n) is 3.31. The van der Waals surface area contributed by atoms with Crippen LogP contribution in [0.1, 0.15) is 0 Å². The Morgan fingerprint density at radius 3 is 2.94 bits per heavy atom. The van der Waals surface area contributed by atoms with E-state index in [1.165, 1.54) is 0 Å². The molecule has 0 aliphatic heterocycles. The van der Waals surface area contributed by atoms with E-state index in [0.29, 0.717) is 0 Å². The zero-order chi connectivity index (χ0) is 10.8. The standard InChI is InChI=1S/C11H9N5/c1-3-10(16-6-2-5-15-16)11(12-4-1)9-7-13-14-8-9/h1-8H,(H,13,14). The van der Waals surface area contributed by atoms with Crippen LogP contribution in [0.5, 0.6) is 0 Å². The molecule has 0 aliphatic carbocycles. The Bertz CT molecular complexity index is 515. The van der Waals surface area contributed by atoms with Crippen LogP contribution in [0, 0.1) is 0 Å². The Morgan fingerprint density at radius 1 is 1.19 bits per heavy atom. The second-order valence-corrected chi connectivity index (χ2v) is 3.31. The number of nitrogens with one attached hydrogen (secondary N) is 1. The lowest BCUT2D eigenvalue weighted by Gasteiger charge is -2.05. The number of hydrogen-bond donors (Lipinski definition) is 1. The molecule has 78 valence electrons. The Morgan fingerprint density at radius 2 is 2.19 bits per heavy atom. The van der Waals surface area contributed by atoms with Crippen molar-refractivity contribution >= 4 is 0 Å². The summed E-state index contributed by atoms with van der Waals surface area (Å²) < 4.78 is 1.79. The third-order valence-electron chi connectivity index (χ3n) is 2.31. The first-order valence-electron chi connectivity index (χ1n) is 4.89. The Kier molecular flexibility index (Phi) is 2.00. The molecule has 0 spiro atoms. The Hall–Kier alpha value is -2.43. The normalized spacial score (nSPS) is 10.5. The van der Waals surface area contributed by atoms with E-state index < -0.39 is 0 Å². The highest BCUT2D eigenvalue weighted by Crippen LogP contribution is 2.22. The van der Waals surface area contributed by atoms with Crippen LogP contribution in [0.25, 0.3) is 16.9 Å². The molecule has 3 aromatic rings. The quantitative estimate of drug-likeness (QED) is 0.701. The van der Waals surface area contributed by atoms with Crippen LogP contribution in [0.3, 0.4) is 0 Å². The molecule has 0 unspecified atom stereocenters. The predicted molar refractivity (Wildman–Crippen MR) is 58.9 cm³/mol. The Labute approximate surface area is 91.8 Å². The fourth-order valence-electron chi connectivity index (χ4n) is 1.60. The van der Waals surface area contributed by atoms with Gasteiger partial charge in [-0.05, 0) is 18.2 Å². The SMILES string of the molecule is c1cnc(-c2cn[nH]c2)c(-n2cccn2)c1. The molecule has 0 fully saturated rings. The van der Waals surface area contributed by atoms with Crippen molar-refractivity contribution in [3.8, 4) is 16.9 Å². The number of hydrogen-bond acceptors (Lipinski definition) is 3. The number of rotatable bonds is 2. The first kappa shape index (κ1) is 8.84.